The summed E-state index contributed by atoms with van der Waals surface area (Å²) >= 11 is 1.17. The van der Waals surface area contributed by atoms with E-state index in [9.17, 15) is 9.59 Å². The van der Waals surface area contributed by atoms with E-state index >= 15 is 0 Å². The zero-order chi connectivity index (χ0) is 13.1. The zero-order valence-electron chi connectivity index (χ0n) is 9.47. The molecule has 7 heteroatoms. The van der Waals surface area contributed by atoms with Crippen molar-refractivity contribution in [2.45, 2.75) is 13.3 Å². The third-order valence-corrected chi connectivity index (χ3v) is 2.88. The topological polar surface area (TPSA) is 92.4 Å². The molecule has 2 aromatic rings. The summed E-state index contributed by atoms with van der Waals surface area (Å²) < 4.78 is 5.16. The molecule has 6 nitrogen and oxygen atoms in total. The Morgan fingerprint density at radius 3 is 2.89 bits per heavy atom. The number of thiazole rings is 1. The fraction of sp³-hybridized carbons (Fsp3) is 0.182. The SMILES string of the molecule is Cc1ccc(C(=O)Nc2nc(CC(=O)O)cs2)o1. The number of amides is 1. The van der Waals surface area contributed by atoms with Crippen LogP contribution in [0, 0.1) is 6.92 Å². The van der Waals surface area contributed by atoms with Crippen LogP contribution in [-0.2, 0) is 11.2 Å². The molecule has 94 valence electrons. The van der Waals surface area contributed by atoms with E-state index in [1.165, 1.54) is 11.3 Å². The summed E-state index contributed by atoms with van der Waals surface area (Å²) in [6.45, 7) is 1.74. The number of furan rings is 1. The number of aromatic nitrogens is 1. The number of aliphatic carboxylic acids is 1. The van der Waals surface area contributed by atoms with Gasteiger partial charge in [-0.05, 0) is 19.1 Å². The zero-order valence-corrected chi connectivity index (χ0v) is 10.3. The van der Waals surface area contributed by atoms with Gasteiger partial charge in [0.05, 0.1) is 12.1 Å². The average Bonchev–Trinajstić information content (AvgIpc) is 2.87. The van der Waals surface area contributed by atoms with Crippen molar-refractivity contribution in [3.8, 4) is 0 Å². The normalized spacial score (nSPS) is 10.3. The fourth-order valence-electron chi connectivity index (χ4n) is 1.32. The second kappa shape index (κ2) is 5.01. The Labute approximate surface area is 106 Å². The lowest BCUT2D eigenvalue weighted by Gasteiger charge is -1.97. The summed E-state index contributed by atoms with van der Waals surface area (Å²) in [7, 11) is 0. The van der Waals surface area contributed by atoms with Crippen LogP contribution in [0.5, 0.6) is 0 Å². The molecule has 0 saturated heterocycles. The molecular weight excluding hydrogens is 256 g/mol. The Morgan fingerprint density at radius 2 is 2.28 bits per heavy atom. The van der Waals surface area contributed by atoms with Gasteiger partial charge in [-0.3, -0.25) is 14.9 Å². The van der Waals surface area contributed by atoms with Crippen LogP contribution >= 0.6 is 11.3 Å². The molecule has 2 N–H and O–H groups in total. The van der Waals surface area contributed by atoms with Crippen molar-refractivity contribution in [3.05, 3.63) is 34.7 Å². The predicted octanol–water partition coefficient (Wildman–Crippen LogP) is 1.92. The number of nitrogens with one attached hydrogen (secondary N) is 1. The summed E-state index contributed by atoms with van der Waals surface area (Å²) in [6, 6.07) is 3.25. The molecule has 0 spiro atoms. The molecule has 0 aliphatic carbocycles. The first kappa shape index (κ1) is 12.3. The minimum Gasteiger partial charge on any atom is -0.481 e. The van der Waals surface area contributed by atoms with Crippen LogP contribution in [0.4, 0.5) is 5.13 Å². The first-order chi connectivity index (χ1) is 8.54. The summed E-state index contributed by atoms with van der Waals surface area (Å²) in [5, 5.41) is 13.1. The molecule has 0 atom stereocenters. The first-order valence-corrected chi connectivity index (χ1v) is 5.96. The van der Waals surface area contributed by atoms with Crippen molar-refractivity contribution < 1.29 is 19.1 Å². The van der Waals surface area contributed by atoms with E-state index in [4.69, 9.17) is 9.52 Å². The molecule has 0 fully saturated rings. The van der Waals surface area contributed by atoms with Gasteiger partial charge in [0.1, 0.15) is 5.76 Å². The standard InChI is InChI=1S/C11H10N2O4S/c1-6-2-3-8(17-6)10(16)13-11-12-7(5-18-11)4-9(14)15/h2-3,5H,4H2,1H3,(H,14,15)(H,12,13,16). The largest absolute Gasteiger partial charge is 0.481 e. The molecular formula is C11H10N2O4S. The van der Waals surface area contributed by atoms with Crippen LogP contribution in [0.2, 0.25) is 0 Å². The first-order valence-electron chi connectivity index (χ1n) is 5.08. The Bertz CT molecular complexity index is 587. The van der Waals surface area contributed by atoms with E-state index in [0.717, 1.165) is 0 Å². The van der Waals surface area contributed by atoms with Gasteiger partial charge in [-0.1, -0.05) is 0 Å². The van der Waals surface area contributed by atoms with E-state index in [1.54, 1.807) is 24.4 Å². The number of carboxylic acids is 1. The van der Waals surface area contributed by atoms with Crippen LogP contribution in [0.3, 0.4) is 0 Å². The minimum atomic E-state index is -0.958. The van der Waals surface area contributed by atoms with E-state index < -0.39 is 11.9 Å². The maximum Gasteiger partial charge on any atom is 0.309 e. The van der Waals surface area contributed by atoms with Gasteiger partial charge < -0.3 is 9.52 Å². The van der Waals surface area contributed by atoms with Crippen molar-refractivity contribution in [3.63, 3.8) is 0 Å². The van der Waals surface area contributed by atoms with Gasteiger partial charge in [0.25, 0.3) is 5.91 Å². The van der Waals surface area contributed by atoms with Crippen LogP contribution in [0.15, 0.2) is 21.9 Å². The number of anilines is 1. The van der Waals surface area contributed by atoms with Crippen molar-refractivity contribution in [1.29, 1.82) is 0 Å². The van der Waals surface area contributed by atoms with Crippen molar-refractivity contribution in [2.24, 2.45) is 0 Å². The Kier molecular flexibility index (Phi) is 3.42. The number of carbonyl (C=O) groups is 2. The maximum absolute atomic E-state index is 11.7. The highest BCUT2D eigenvalue weighted by atomic mass is 32.1. The number of nitrogens with zero attached hydrogens (tertiary/aromatic N) is 1. The summed E-state index contributed by atoms with van der Waals surface area (Å²) in [5.74, 6) is -0.521. The Morgan fingerprint density at radius 1 is 1.50 bits per heavy atom. The number of hydrogen-bond acceptors (Lipinski definition) is 5. The predicted molar refractivity (Wildman–Crippen MR) is 64.9 cm³/mol. The van der Waals surface area contributed by atoms with Crippen LogP contribution in [0.25, 0.3) is 0 Å². The van der Waals surface area contributed by atoms with E-state index in [-0.39, 0.29) is 12.2 Å². The van der Waals surface area contributed by atoms with Crippen LogP contribution < -0.4 is 5.32 Å². The second-order valence-corrected chi connectivity index (χ2v) is 4.44. The highest BCUT2D eigenvalue weighted by Gasteiger charge is 2.13. The van der Waals surface area contributed by atoms with Gasteiger partial charge in [-0.2, -0.15) is 0 Å². The maximum atomic E-state index is 11.7. The van der Waals surface area contributed by atoms with Gasteiger partial charge in [0.15, 0.2) is 10.9 Å². The average molecular weight is 266 g/mol. The highest BCUT2D eigenvalue weighted by molar-refractivity contribution is 7.14. The van der Waals surface area contributed by atoms with Crippen LogP contribution in [0.1, 0.15) is 22.0 Å². The molecule has 2 aromatic heterocycles. The molecule has 0 aliphatic heterocycles. The molecule has 0 aromatic carbocycles. The van der Waals surface area contributed by atoms with Gasteiger partial charge in [0, 0.05) is 5.38 Å². The van der Waals surface area contributed by atoms with Crippen molar-refractivity contribution in [2.75, 3.05) is 5.32 Å². The summed E-state index contributed by atoms with van der Waals surface area (Å²) in [6.07, 6.45) is -0.160. The molecule has 2 rings (SSSR count). The lowest BCUT2D eigenvalue weighted by atomic mass is 10.3. The fourth-order valence-corrected chi connectivity index (χ4v) is 2.02. The number of carboxylic acid groups (broad SMARTS) is 1. The molecule has 0 radical (unpaired) electrons. The molecule has 1 amide bonds. The molecule has 18 heavy (non-hydrogen) atoms. The summed E-state index contributed by atoms with van der Waals surface area (Å²) in [4.78, 5) is 26.2. The van der Waals surface area contributed by atoms with Crippen molar-refractivity contribution >= 4 is 28.3 Å². The van der Waals surface area contributed by atoms with Crippen LogP contribution in [-0.4, -0.2) is 22.0 Å². The molecule has 0 aliphatic rings. The number of aryl methyl sites for hydroxylation is 1. The van der Waals surface area contributed by atoms with Gasteiger partial charge >= 0.3 is 5.97 Å². The molecule has 0 saturated carbocycles. The Balaban J connectivity index is 2.03. The Hall–Kier alpha value is -2.15. The quantitative estimate of drug-likeness (QED) is 0.882. The number of carbonyl (C=O) groups excluding carboxylic acids is 1. The number of hydrogen-bond donors (Lipinski definition) is 2. The van der Waals surface area contributed by atoms with Gasteiger partial charge in [-0.25, -0.2) is 4.98 Å². The molecule has 0 bridgehead atoms. The van der Waals surface area contributed by atoms with E-state index in [2.05, 4.69) is 10.3 Å². The van der Waals surface area contributed by atoms with Gasteiger partial charge in [-0.15, -0.1) is 11.3 Å². The lowest BCUT2D eigenvalue weighted by Crippen LogP contribution is -2.10. The highest BCUT2D eigenvalue weighted by Crippen LogP contribution is 2.17. The second-order valence-electron chi connectivity index (χ2n) is 3.58. The monoisotopic (exact) mass is 266 g/mol. The molecule has 2 heterocycles. The third-order valence-electron chi connectivity index (χ3n) is 2.07. The smallest absolute Gasteiger partial charge is 0.309 e. The lowest BCUT2D eigenvalue weighted by molar-refractivity contribution is -0.136. The van der Waals surface area contributed by atoms with E-state index in [0.29, 0.717) is 16.6 Å². The minimum absolute atomic E-state index is 0.160. The third kappa shape index (κ3) is 2.95. The van der Waals surface area contributed by atoms with Crippen molar-refractivity contribution in [1.82, 2.24) is 4.98 Å². The summed E-state index contributed by atoms with van der Waals surface area (Å²) in [5.41, 5.74) is 0.415. The van der Waals surface area contributed by atoms with Gasteiger partial charge in [0.2, 0.25) is 0 Å². The molecule has 0 unspecified atom stereocenters. The number of rotatable bonds is 4. The van der Waals surface area contributed by atoms with E-state index in [1.807, 2.05) is 0 Å².